The molecule has 3 aliphatic rings. The number of anilines is 3. The molecule has 3 aromatic heterocycles. The predicted octanol–water partition coefficient (Wildman–Crippen LogP) is 2.09. The average Bonchev–Trinajstić information content (AvgIpc) is 3.22. The third kappa shape index (κ3) is 4.48. The number of nitrogens with zero attached hydrogens (tertiary/aromatic N) is 5. The van der Waals surface area contributed by atoms with Gasteiger partial charge in [0.05, 0.1) is 25.5 Å². The van der Waals surface area contributed by atoms with Crippen molar-refractivity contribution in [2.75, 3.05) is 43.1 Å². The summed E-state index contributed by atoms with van der Waals surface area (Å²) in [7, 11) is 0. The van der Waals surface area contributed by atoms with Gasteiger partial charge in [0, 0.05) is 43.2 Å². The molecule has 0 unspecified atom stereocenters. The average molecular weight is 487 g/mol. The number of carbonyl (C=O) groups excluding carboxylic acids is 1. The number of aromatic amines is 1. The van der Waals surface area contributed by atoms with Crippen molar-refractivity contribution in [1.82, 2.24) is 29.9 Å². The Kier molecular flexibility index (Phi) is 5.44. The molecule has 3 aromatic rings. The number of hydrogen-bond donors (Lipinski definition) is 3. The van der Waals surface area contributed by atoms with Gasteiger partial charge in [0.1, 0.15) is 17.6 Å². The van der Waals surface area contributed by atoms with Crippen LogP contribution in [0.1, 0.15) is 31.6 Å². The molecule has 3 fully saturated rings. The first-order chi connectivity index (χ1) is 17.0. The highest BCUT2D eigenvalue weighted by molar-refractivity contribution is 5.69. The maximum Gasteiger partial charge on any atom is 0.408 e. The van der Waals surface area contributed by atoms with Gasteiger partial charge in [-0.2, -0.15) is 10.1 Å². The van der Waals surface area contributed by atoms with Crippen molar-refractivity contribution in [3.8, 4) is 0 Å². The van der Waals surface area contributed by atoms with E-state index in [0.717, 1.165) is 37.4 Å². The minimum atomic E-state index is -1.52. The Labute approximate surface area is 200 Å². The molecule has 186 valence electrons. The lowest BCUT2D eigenvalue weighted by Gasteiger charge is -2.28. The van der Waals surface area contributed by atoms with Gasteiger partial charge < -0.3 is 29.7 Å². The number of morpholine rings is 1. The quantitative estimate of drug-likeness (QED) is 0.479. The molecule has 5 heterocycles. The molecular weight excluding hydrogens is 459 g/mol. The number of hydrogen-bond acceptors (Lipinski definition) is 9. The van der Waals surface area contributed by atoms with Crippen molar-refractivity contribution < 1.29 is 23.4 Å². The van der Waals surface area contributed by atoms with Gasteiger partial charge >= 0.3 is 6.09 Å². The highest BCUT2D eigenvalue weighted by atomic mass is 19.1. The summed E-state index contributed by atoms with van der Waals surface area (Å²) in [6.45, 7) is 4.67. The van der Waals surface area contributed by atoms with E-state index in [1.165, 1.54) is 0 Å². The standard InChI is InChI=1S/C22H27FN8O4/c1-22(2-3-22)27-21(32)35-14-12-34-19(18(14)23)13-10-15(29-28-13)25-20-26-17(30-6-8-33-9-7-30)11-16-24-4-5-31(16)20/h4-5,10-11,14,18-19H,2-3,6-9,12H2,1H3,(H,27,32)(H2,25,26,28,29)/t14-,18-,19-/m0/s1. The second kappa shape index (κ2) is 8.64. The number of H-pyrrole nitrogens is 1. The normalized spacial score (nSPS) is 25.5. The molecule has 0 spiro atoms. The number of halogens is 1. The van der Waals surface area contributed by atoms with Crippen LogP contribution in [0.25, 0.3) is 5.65 Å². The Bertz CT molecular complexity index is 1220. The highest BCUT2D eigenvalue weighted by Crippen LogP contribution is 2.36. The van der Waals surface area contributed by atoms with Crippen molar-refractivity contribution in [3.05, 3.63) is 30.2 Å². The third-order valence-corrected chi connectivity index (χ3v) is 6.60. The van der Waals surface area contributed by atoms with Crippen LogP contribution in [-0.4, -0.2) is 81.4 Å². The van der Waals surface area contributed by atoms with Crippen molar-refractivity contribution in [2.45, 2.75) is 43.7 Å². The second-order valence-electron chi connectivity index (χ2n) is 9.35. The summed E-state index contributed by atoms with van der Waals surface area (Å²) in [5.74, 6) is 1.75. The number of imidazole rings is 1. The molecule has 6 rings (SSSR count). The molecule has 12 nitrogen and oxygen atoms in total. The Balaban J connectivity index is 1.15. The number of nitrogens with one attached hydrogen (secondary N) is 3. The number of amides is 1. The molecule has 3 atom stereocenters. The smallest absolute Gasteiger partial charge is 0.408 e. The molecule has 13 heteroatoms. The van der Waals surface area contributed by atoms with Crippen LogP contribution in [0.15, 0.2) is 24.5 Å². The Morgan fingerprint density at radius 2 is 2.14 bits per heavy atom. The molecule has 35 heavy (non-hydrogen) atoms. The van der Waals surface area contributed by atoms with Crippen LogP contribution in [0, 0.1) is 0 Å². The summed E-state index contributed by atoms with van der Waals surface area (Å²) >= 11 is 0. The Morgan fingerprint density at radius 3 is 2.94 bits per heavy atom. The number of alkyl halides is 1. The molecule has 0 bridgehead atoms. The van der Waals surface area contributed by atoms with E-state index in [-0.39, 0.29) is 12.1 Å². The summed E-state index contributed by atoms with van der Waals surface area (Å²) < 4.78 is 33.2. The summed E-state index contributed by atoms with van der Waals surface area (Å²) in [6.07, 6.45) is 1.23. The summed E-state index contributed by atoms with van der Waals surface area (Å²) in [6, 6.07) is 3.59. The number of ether oxygens (including phenoxy) is 3. The number of carbonyl (C=O) groups is 1. The zero-order valence-electron chi connectivity index (χ0n) is 19.2. The van der Waals surface area contributed by atoms with Gasteiger partial charge in [-0.1, -0.05) is 0 Å². The largest absolute Gasteiger partial charge is 0.441 e. The van der Waals surface area contributed by atoms with Crippen LogP contribution in [0.4, 0.5) is 26.8 Å². The van der Waals surface area contributed by atoms with Crippen LogP contribution >= 0.6 is 0 Å². The van der Waals surface area contributed by atoms with Crippen molar-refractivity contribution >= 4 is 29.3 Å². The van der Waals surface area contributed by atoms with Crippen molar-refractivity contribution in [3.63, 3.8) is 0 Å². The van der Waals surface area contributed by atoms with Crippen LogP contribution in [0.2, 0.25) is 0 Å². The fourth-order valence-corrected chi connectivity index (χ4v) is 4.28. The van der Waals surface area contributed by atoms with Crippen LogP contribution in [0.3, 0.4) is 0 Å². The van der Waals surface area contributed by atoms with Crippen LogP contribution in [-0.2, 0) is 14.2 Å². The number of rotatable bonds is 6. The van der Waals surface area contributed by atoms with E-state index in [4.69, 9.17) is 19.2 Å². The van der Waals surface area contributed by atoms with E-state index in [9.17, 15) is 4.79 Å². The van der Waals surface area contributed by atoms with Gasteiger partial charge in [0.25, 0.3) is 0 Å². The van der Waals surface area contributed by atoms with E-state index in [2.05, 4.69) is 30.7 Å². The third-order valence-electron chi connectivity index (χ3n) is 6.60. The fourth-order valence-electron chi connectivity index (χ4n) is 4.28. The zero-order valence-corrected chi connectivity index (χ0v) is 19.2. The number of aromatic nitrogens is 5. The van der Waals surface area contributed by atoms with E-state index in [0.29, 0.717) is 30.7 Å². The predicted molar refractivity (Wildman–Crippen MR) is 123 cm³/mol. The van der Waals surface area contributed by atoms with E-state index in [1.54, 1.807) is 18.5 Å². The Hall–Kier alpha value is -3.45. The highest BCUT2D eigenvalue weighted by Gasteiger charge is 2.44. The molecule has 0 aromatic carbocycles. The topological polar surface area (TPSA) is 131 Å². The maximum atomic E-state index is 15.1. The molecule has 2 aliphatic heterocycles. The first-order valence-electron chi connectivity index (χ1n) is 11.7. The fraction of sp³-hybridized carbons (Fsp3) is 0.545. The Morgan fingerprint density at radius 1 is 1.31 bits per heavy atom. The molecule has 1 saturated carbocycles. The van der Waals surface area contributed by atoms with Gasteiger partial charge in [-0.15, -0.1) is 0 Å². The SMILES string of the molecule is CC1(NC(=O)O[C@H]2CO[C@@H](c3cc(Nc4nc(N5CCOCC5)cc5nccn45)n[nH]3)[C@H]2F)CC1. The molecule has 1 amide bonds. The first-order valence-corrected chi connectivity index (χ1v) is 11.7. The van der Waals surface area contributed by atoms with Gasteiger partial charge in [-0.25, -0.2) is 14.2 Å². The number of fused-ring (bicyclic) bond motifs is 1. The van der Waals surface area contributed by atoms with Gasteiger partial charge in [0.2, 0.25) is 5.95 Å². The molecule has 2 saturated heterocycles. The molecule has 0 radical (unpaired) electrons. The summed E-state index contributed by atoms with van der Waals surface area (Å²) in [4.78, 5) is 23.3. The molecule has 3 N–H and O–H groups in total. The van der Waals surface area contributed by atoms with Gasteiger partial charge in [-0.3, -0.25) is 9.50 Å². The maximum absolute atomic E-state index is 15.1. The summed E-state index contributed by atoms with van der Waals surface area (Å²) in [5.41, 5.74) is 0.937. The van der Waals surface area contributed by atoms with E-state index >= 15 is 4.39 Å². The zero-order chi connectivity index (χ0) is 24.0. The lowest BCUT2D eigenvalue weighted by molar-refractivity contribution is 0.0604. The van der Waals surface area contributed by atoms with Gasteiger partial charge in [-0.05, 0) is 19.8 Å². The van der Waals surface area contributed by atoms with E-state index < -0.39 is 24.5 Å². The minimum absolute atomic E-state index is 0.0312. The monoisotopic (exact) mass is 486 g/mol. The lowest BCUT2D eigenvalue weighted by atomic mass is 10.1. The second-order valence-corrected chi connectivity index (χ2v) is 9.35. The number of alkyl carbamates (subject to hydrolysis) is 1. The van der Waals surface area contributed by atoms with Crippen molar-refractivity contribution in [1.29, 1.82) is 0 Å². The van der Waals surface area contributed by atoms with Crippen LogP contribution in [0.5, 0.6) is 0 Å². The molecular formula is C22H27FN8O4. The first kappa shape index (κ1) is 22.0. The minimum Gasteiger partial charge on any atom is -0.441 e. The lowest BCUT2D eigenvalue weighted by Crippen LogP contribution is -2.39. The van der Waals surface area contributed by atoms with Gasteiger partial charge in [0.15, 0.2) is 18.1 Å². The van der Waals surface area contributed by atoms with E-state index in [1.807, 2.05) is 17.4 Å². The van der Waals surface area contributed by atoms with Crippen molar-refractivity contribution in [2.24, 2.45) is 0 Å². The van der Waals surface area contributed by atoms with Crippen LogP contribution < -0.4 is 15.5 Å². The molecule has 1 aliphatic carbocycles. The summed E-state index contributed by atoms with van der Waals surface area (Å²) in [5, 5.41) is 13.0.